The fourth-order valence-electron chi connectivity index (χ4n) is 3.33. The van der Waals surface area contributed by atoms with Crippen molar-refractivity contribution in [2.24, 2.45) is 5.92 Å². The van der Waals surface area contributed by atoms with Crippen LogP contribution in [0, 0.1) is 12.8 Å². The third-order valence-corrected chi connectivity index (χ3v) is 5.50. The molecule has 0 saturated carbocycles. The normalized spacial score (nSPS) is 18.0. The molecule has 1 saturated heterocycles. The maximum absolute atomic E-state index is 12.6. The van der Waals surface area contributed by atoms with Crippen molar-refractivity contribution < 1.29 is 4.79 Å². The molecule has 0 unspecified atom stereocenters. The van der Waals surface area contributed by atoms with Crippen molar-refractivity contribution in [1.82, 2.24) is 14.8 Å². The number of carbonyl (C=O) groups excluding carboxylic acids is 1. The molecule has 1 aromatic heterocycles. The van der Waals surface area contributed by atoms with Gasteiger partial charge in [0.1, 0.15) is 4.88 Å². The van der Waals surface area contributed by atoms with Gasteiger partial charge in [-0.3, -0.25) is 9.69 Å². The number of aryl methyl sites for hydroxylation is 1. The van der Waals surface area contributed by atoms with Gasteiger partial charge in [0.15, 0.2) is 0 Å². The van der Waals surface area contributed by atoms with Crippen LogP contribution in [0.3, 0.4) is 0 Å². The Labute approximate surface area is 148 Å². The first-order valence-electron chi connectivity index (χ1n) is 8.63. The predicted molar refractivity (Wildman–Crippen MR) is 98.3 cm³/mol. The quantitative estimate of drug-likeness (QED) is 0.806. The van der Waals surface area contributed by atoms with Crippen molar-refractivity contribution in [3.8, 4) is 0 Å². The zero-order chi connectivity index (χ0) is 16.9. The average molecular weight is 343 g/mol. The molecule has 0 N–H and O–H groups in total. The molecule has 128 valence electrons. The molecule has 1 amide bonds. The van der Waals surface area contributed by atoms with Crippen molar-refractivity contribution in [3.05, 3.63) is 52.0 Å². The summed E-state index contributed by atoms with van der Waals surface area (Å²) in [5, 5.41) is 0.948. The van der Waals surface area contributed by atoms with Gasteiger partial charge in [0, 0.05) is 26.2 Å². The van der Waals surface area contributed by atoms with Crippen molar-refractivity contribution in [2.45, 2.75) is 26.8 Å². The molecule has 0 radical (unpaired) electrons. The van der Waals surface area contributed by atoms with E-state index in [0.29, 0.717) is 5.92 Å². The minimum absolute atomic E-state index is 0.129. The second-order valence-corrected chi connectivity index (χ2v) is 7.70. The van der Waals surface area contributed by atoms with E-state index >= 15 is 0 Å². The number of likely N-dealkylation sites (tertiary alicyclic amines) is 1. The highest BCUT2D eigenvalue weighted by molar-refractivity contribution is 7.13. The van der Waals surface area contributed by atoms with Gasteiger partial charge >= 0.3 is 0 Å². The number of benzene rings is 1. The monoisotopic (exact) mass is 343 g/mol. The number of carbonyl (C=O) groups is 1. The van der Waals surface area contributed by atoms with Gasteiger partial charge in [0.25, 0.3) is 5.91 Å². The lowest BCUT2D eigenvalue weighted by Gasteiger charge is -2.24. The molecule has 2 heterocycles. The molecule has 5 heteroatoms. The van der Waals surface area contributed by atoms with Crippen LogP contribution in [0.25, 0.3) is 0 Å². The van der Waals surface area contributed by atoms with Crippen LogP contribution in [0.15, 0.2) is 36.5 Å². The van der Waals surface area contributed by atoms with Gasteiger partial charge in [-0.2, -0.15) is 0 Å². The third kappa shape index (κ3) is 4.22. The van der Waals surface area contributed by atoms with Gasteiger partial charge in [-0.25, -0.2) is 4.98 Å². The fraction of sp³-hybridized carbons (Fsp3) is 0.474. The molecule has 1 atom stereocenters. The summed E-state index contributed by atoms with van der Waals surface area (Å²) in [6, 6.07) is 10.6. The molecule has 1 aliphatic heterocycles. The van der Waals surface area contributed by atoms with E-state index in [1.807, 2.05) is 11.8 Å². The summed E-state index contributed by atoms with van der Waals surface area (Å²) < 4.78 is 0. The van der Waals surface area contributed by atoms with Crippen LogP contribution < -0.4 is 0 Å². The number of hydrogen-bond donors (Lipinski definition) is 0. The number of nitrogens with zero attached hydrogens (tertiary/aromatic N) is 3. The van der Waals surface area contributed by atoms with Gasteiger partial charge in [-0.15, -0.1) is 11.3 Å². The van der Waals surface area contributed by atoms with E-state index in [9.17, 15) is 4.79 Å². The van der Waals surface area contributed by atoms with E-state index in [0.717, 1.165) is 42.6 Å². The summed E-state index contributed by atoms with van der Waals surface area (Å²) >= 11 is 1.49. The summed E-state index contributed by atoms with van der Waals surface area (Å²) in [6.07, 6.45) is 2.87. The van der Waals surface area contributed by atoms with Gasteiger partial charge in [0.05, 0.1) is 11.2 Å². The molecule has 0 spiro atoms. The zero-order valence-electron chi connectivity index (χ0n) is 14.4. The third-order valence-electron chi connectivity index (χ3n) is 4.60. The number of aromatic nitrogens is 1. The van der Waals surface area contributed by atoms with Crippen molar-refractivity contribution in [1.29, 1.82) is 0 Å². The lowest BCUT2D eigenvalue weighted by Crippen LogP contribution is -2.35. The van der Waals surface area contributed by atoms with E-state index in [1.54, 1.807) is 6.20 Å². The largest absolute Gasteiger partial charge is 0.338 e. The summed E-state index contributed by atoms with van der Waals surface area (Å²) in [4.78, 5) is 22.1. The highest BCUT2D eigenvalue weighted by Gasteiger charge is 2.26. The van der Waals surface area contributed by atoms with Gasteiger partial charge < -0.3 is 4.90 Å². The Kier molecular flexibility index (Phi) is 5.63. The molecule has 1 fully saturated rings. The maximum Gasteiger partial charge on any atom is 0.265 e. The Morgan fingerprint density at radius 1 is 1.38 bits per heavy atom. The summed E-state index contributed by atoms with van der Waals surface area (Å²) in [5.74, 6) is 0.691. The fourth-order valence-corrected chi connectivity index (χ4v) is 4.08. The van der Waals surface area contributed by atoms with Crippen molar-refractivity contribution >= 4 is 17.2 Å². The molecular weight excluding hydrogens is 318 g/mol. The highest BCUT2D eigenvalue weighted by atomic mass is 32.1. The number of rotatable bonds is 6. The van der Waals surface area contributed by atoms with Crippen molar-refractivity contribution in [2.75, 3.05) is 26.2 Å². The summed E-state index contributed by atoms with van der Waals surface area (Å²) in [6.45, 7) is 8.79. The van der Waals surface area contributed by atoms with Crippen LogP contribution in [0.2, 0.25) is 0 Å². The van der Waals surface area contributed by atoms with Crippen LogP contribution in [-0.4, -0.2) is 46.9 Å². The van der Waals surface area contributed by atoms with E-state index < -0.39 is 0 Å². The first-order valence-corrected chi connectivity index (χ1v) is 9.45. The van der Waals surface area contributed by atoms with Gasteiger partial charge in [-0.1, -0.05) is 30.3 Å². The molecule has 0 bridgehead atoms. The number of hydrogen-bond acceptors (Lipinski definition) is 4. The van der Waals surface area contributed by atoms with Crippen LogP contribution in [0.1, 0.15) is 33.6 Å². The lowest BCUT2D eigenvalue weighted by molar-refractivity contribution is 0.0743. The van der Waals surface area contributed by atoms with Crippen LogP contribution >= 0.6 is 11.3 Å². The Balaban J connectivity index is 1.54. The predicted octanol–water partition coefficient (Wildman–Crippen LogP) is 3.44. The first kappa shape index (κ1) is 17.1. The molecule has 2 aromatic rings. The Morgan fingerprint density at radius 3 is 2.83 bits per heavy atom. The maximum atomic E-state index is 12.6. The van der Waals surface area contributed by atoms with Gasteiger partial charge in [0.2, 0.25) is 0 Å². The molecule has 1 aliphatic rings. The second kappa shape index (κ2) is 7.90. The smallest absolute Gasteiger partial charge is 0.265 e. The molecule has 4 nitrogen and oxygen atoms in total. The molecule has 0 aliphatic carbocycles. The van der Waals surface area contributed by atoms with Crippen LogP contribution in [0.5, 0.6) is 0 Å². The Hall–Kier alpha value is -1.72. The first-order chi connectivity index (χ1) is 11.7. The van der Waals surface area contributed by atoms with Gasteiger partial charge in [-0.05, 0) is 38.3 Å². The van der Waals surface area contributed by atoms with E-state index in [4.69, 9.17) is 0 Å². The molecule has 24 heavy (non-hydrogen) atoms. The molecule has 3 rings (SSSR count). The lowest BCUT2D eigenvalue weighted by atomic mass is 10.1. The minimum Gasteiger partial charge on any atom is -0.338 e. The number of thiazole rings is 1. The number of amides is 1. The van der Waals surface area contributed by atoms with E-state index in [1.165, 1.54) is 23.3 Å². The Bertz CT molecular complexity index is 670. The standard InChI is InChI=1S/C19H25N3OS/c1-3-22(19(23)18-11-20-15(2)24-18)14-17-9-10-21(13-17)12-16-7-5-4-6-8-16/h4-8,11,17H,3,9-10,12-14H2,1-2H3/t17-/m1/s1. The summed E-state index contributed by atoms with van der Waals surface area (Å²) in [5.41, 5.74) is 1.36. The molecular formula is C19H25N3OS. The van der Waals surface area contributed by atoms with E-state index in [2.05, 4.69) is 47.1 Å². The van der Waals surface area contributed by atoms with Crippen molar-refractivity contribution in [3.63, 3.8) is 0 Å². The SMILES string of the molecule is CCN(C[C@@H]1CCN(Cc2ccccc2)C1)C(=O)c1cnc(C)s1. The highest BCUT2D eigenvalue weighted by Crippen LogP contribution is 2.21. The topological polar surface area (TPSA) is 36.4 Å². The van der Waals surface area contributed by atoms with E-state index in [-0.39, 0.29) is 5.91 Å². The zero-order valence-corrected chi connectivity index (χ0v) is 15.3. The molecule has 1 aromatic carbocycles. The second-order valence-electron chi connectivity index (χ2n) is 6.46. The average Bonchev–Trinajstić information content (AvgIpc) is 3.22. The Morgan fingerprint density at radius 2 is 2.17 bits per heavy atom. The van der Waals surface area contributed by atoms with Crippen LogP contribution in [0.4, 0.5) is 0 Å². The summed E-state index contributed by atoms with van der Waals surface area (Å²) in [7, 11) is 0. The minimum atomic E-state index is 0.129. The van der Waals surface area contributed by atoms with Crippen LogP contribution in [-0.2, 0) is 6.54 Å².